The highest BCUT2D eigenvalue weighted by Gasteiger charge is 2.33. The molecule has 1 aromatic carbocycles. The molecule has 0 spiro atoms. The van der Waals surface area contributed by atoms with E-state index in [9.17, 15) is 13.2 Å². The molecule has 1 amide bonds. The number of amides is 1. The van der Waals surface area contributed by atoms with Crippen molar-refractivity contribution < 1.29 is 13.2 Å². The van der Waals surface area contributed by atoms with E-state index in [1.165, 1.54) is 4.31 Å². The van der Waals surface area contributed by atoms with Crippen molar-refractivity contribution in [3.8, 4) is 0 Å². The normalized spacial score (nSPS) is 16.6. The van der Waals surface area contributed by atoms with Crippen LogP contribution in [0.25, 0.3) is 0 Å². The van der Waals surface area contributed by atoms with E-state index < -0.39 is 10.0 Å². The van der Waals surface area contributed by atoms with Crippen LogP contribution in [-0.2, 0) is 14.8 Å². The maximum absolute atomic E-state index is 12.9. The molecule has 5 nitrogen and oxygen atoms in total. The molecule has 1 fully saturated rings. The summed E-state index contributed by atoms with van der Waals surface area (Å²) in [6, 6.07) is 5.27. The summed E-state index contributed by atoms with van der Waals surface area (Å²) in [5, 5.41) is 0. The van der Waals surface area contributed by atoms with E-state index in [1.54, 1.807) is 12.1 Å². The molecule has 1 aromatic rings. The second kappa shape index (κ2) is 9.00. The van der Waals surface area contributed by atoms with Crippen LogP contribution in [0.5, 0.6) is 0 Å². The van der Waals surface area contributed by atoms with Gasteiger partial charge in [0.1, 0.15) is 0 Å². The Morgan fingerprint density at radius 2 is 1.65 bits per heavy atom. The molecule has 0 saturated carbocycles. The Balaban J connectivity index is 2.04. The van der Waals surface area contributed by atoms with Crippen molar-refractivity contribution in [2.75, 3.05) is 26.2 Å². The number of piperidine rings is 1. The number of aryl methyl sites for hydroxylation is 2. The molecule has 0 atom stereocenters. The molecule has 0 aromatic heterocycles. The quantitative estimate of drug-likeness (QED) is 0.729. The Morgan fingerprint density at radius 3 is 2.15 bits per heavy atom. The zero-order valence-corrected chi connectivity index (χ0v) is 17.3. The van der Waals surface area contributed by atoms with E-state index in [0.29, 0.717) is 30.8 Å². The lowest BCUT2D eigenvalue weighted by atomic mass is 9.96. The van der Waals surface area contributed by atoms with Crippen molar-refractivity contribution >= 4 is 15.9 Å². The smallest absolute Gasteiger partial charge is 0.243 e. The Labute approximate surface area is 158 Å². The third-order valence-corrected chi connectivity index (χ3v) is 7.11. The summed E-state index contributed by atoms with van der Waals surface area (Å²) in [6.45, 7) is 10.5. The van der Waals surface area contributed by atoms with E-state index in [4.69, 9.17) is 0 Å². The molecule has 1 saturated heterocycles. The monoisotopic (exact) mass is 380 g/mol. The van der Waals surface area contributed by atoms with Gasteiger partial charge in [-0.1, -0.05) is 19.9 Å². The number of benzene rings is 1. The zero-order valence-electron chi connectivity index (χ0n) is 16.5. The summed E-state index contributed by atoms with van der Waals surface area (Å²) in [5.74, 6) is 0.135. The van der Waals surface area contributed by atoms with E-state index in [1.807, 2.05) is 24.8 Å². The summed E-state index contributed by atoms with van der Waals surface area (Å²) in [6.07, 6.45) is 3.11. The van der Waals surface area contributed by atoms with Crippen molar-refractivity contribution in [2.45, 2.75) is 58.3 Å². The van der Waals surface area contributed by atoms with Crippen molar-refractivity contribution in [3.63, 3.8) is 0 Å². The van der Waals surface area contributed by atoms with Gasteiger partial charge in [0.15, 0.2) is 0 Å². The Morgan fingerprint density at radius 1 is 1.08 bits per heavy atom. The van der Waals surface area contributed by atoms with Crippen LogP contribution in [0, 0.1) is 19.8 Å². The predicted molar refractivity (Wildman–Crippen MR) is 105 cm³/mol. The van der Waals surface area contributed by atoms with Crippen LogP contribution in [0.15, 0.2) is 23.1 Å². The van der Waals surface area contributed by atoms with Crippen LogP contribution >= 0.6 is 0 Å². The standard InChI is InChI=1S/C20H32N2O3S/c1-5-11-21(12-6-2)20(23)18-9-13-22(14-10-18)26(24,25)19-8-7-16(3)17(4)15-19/h7-8,15,18H,5-6,9-14H2,1-4H3. The lowest BCUT2D eigenvalue weighted by molar-refractivity contribution is -0.136. The van der Waals surface area contributed by atoms with Gasteiger partial charge in [-0.25, -0.2) is 8.42 Å². The molecule has 0 bridgehead atoms. The summed E-state index contributed by atoms with van der Waals surface area (Å²) < 4.78 is 27.3. The van der Waals surface area contributed by atoms with Gasteiger partial charge in [0, 0.05) is 32.1 Å². The van der Waals surface area contributed by atoms with E-state index >= 15 is 0 Å². The summed E-state index contributed by atoms with van der Waals surface area (Å²) in [7, 11) is -3.48. The molecular weight excluding hydrogens is 348 g/mol. The Kier molecular flexibility index (Phi) is 7.24. The summed E-state index contributed by atoms with van der Waals surface area (Å²) >= 11 is 0. The number of rotatable bonds is 7. The third-order valence-electron chi connectivity index (χ3n) is 5.22. The van der Waals surface area contributed by atoms with E-state index in [2.05, 4.69) is 13.8 Å². The molecule has 26 heavy (non-hydrogen) atoms. The molecule has 0 radical (unpaired) electrons. The molecule has 6 heteroatoms. The molecule has 0 aliphatic carbocycles. The highest BCUT2D eigenvalue weighted by molar-refractivity contribution is 7.89. The number of hydrogen-bond acceptors (Lipinski definition) is 3. The van der Waals surface area contributed by atoms with Gasteiger partial charge in [-0.2, -0.15) is 4.31 Å². The number of hydrogen-bond donors (Lipinski definition) is 0. The fraction of sp³-hybridized carbons (Fsp3) is 0.650. The molecule has 1 aliphatic heterocycles. The van der Waals surface area contributed by atoms with Crippen LogP contribution in [0.2, 0.25) is 0 Å². The fourth-order valence-corrected chi connectivity index (χ4v) is 5.05. The second-order valence-electron chi connectivity index (χ2n) is 7.25. The molecule has 1 aliphatic rings. The fourth-order valence-electron chi connectivity index (χ4n) is 3.50. The molecule has 0 unspecified atom stereocenters. The van der Waals surface area contributed by atoms with Crippen molar-refractivity contribution in [2.24, 2.45) is 5.92 Å². The minimum atomic E-state index is -3.48. The number of nitrogens with zero attached hydrogens (tertiary/aromatic N) is 2. The molecule has 146 valence electrons. The summed E-state index contributed by atoms with van der Waals surface area (Å²) in [4.78, 5) is 15.0. The maximum atomic E-state index is 12.9. The number of carbonyl (C=O) groups excluding carboxylic acids is 1. The van der Waals surface area contributed by atoms with Crippen molar-refractivity contribution in [1.29, 1.82) is 0 Å². The first-order valence-corrected chi connectivity index (χ1v) is 11.1. The first kappa shape index (κ1) is 20.9. The van der Waals surface area contributed by atoms with Gasteiger partial charge in [-0.15, -0.1) is 0 Å². The van der Waals surface area contributed by atoms with Crippen LogP contribution in [-0.4, -0.2) is 49.7 Å². The highest BCUT2D eigenvalue weighted by atomic mass is 32.2. The molecule has 0 N–H and O–H groups in total. The zero-order chi connectivity index (χ0) is 19.3. The van der Waals surface area contributed by atoms with Crippen LogP contribution in [0.3, 0.4) is 0 Å². The van der Waals surface area contributed by atoms with Crippen LogP contribution in [0.4, 0.5) is 0 Å². The minimum Gasteiger partial charge on any atom is -0.342 e. The largest absolute Gasteiger partial charge is 0.342 e. The van der Waals surface area contributed by atoms with Gasteiger partial charge in [-0.05, 0) is 62.8 Å². The van der Waals surface area contributed by atoms with Gasteiger partial charge in [0.25, 0.3) is 0 Å². The second-order valence-corrected chi connectivity index (χ2v) is 9.19. The average molecular weight is 381 g/mol. The maximum Gasteiger partial charge on any atom is 0.243 e. The van der Waals surface area contributed by atoms with Gasteiger partial charge in [0.05, 0.1) is 4.90 Å². The van der Waals surface area contributed by atoms with Gasteiger partial charge in [0.2, 0.25) is 15.9 Å². The van der Waals surface area contributed by atoms with Gasteiger partial charge in [-0.3, -0.25) is 4.79 Å². The number of sulfonamides is 1. The summed E-state index contributed by atoms with van der Waals surface area (Å²) in [5.41, 5.74) is 2.06. The lowest BCUT2D eigenvalue weighted by Crippen LogP contribution is -2.44. The topological polar surface area (TPSA) is 57.7 Å². The van der Waals surface area contributed by atoms with Gasteiger partial charge >= 0.3 is 0 Å². The minimum absolute atomic E-state index is 0.0562. The predicted octanol–water partition coefficient (Wildman–Crippen LogP) is 3.35. The van der Waals surface area contributed by atoms with Crippen LogP contribution < -0.4 is 0 Å². The number of carbonyl (C=O) groups is 1. The Bertz CT molecular complexity index is 717. The van der Waals surface area contributed by atoms with Gasteiger partial charge < -0.3 is 4.90 Å². The molecular formula is C20H32N2O3S. The van der Waals surface area contributed by atoms with Crippen molar-refractivity contribution in [1.82, 2.24) is 9.21 Å². The van der Waals surface area contributed by atoms with E-state index in [0.717, 1.165) is 37.1 Å². The molecule has 1 heterocycles. The first-order chi connectivity index (χ1) is 12.3. The Hall–Kier alpha value is -1.40. The first-order valence-electron chi connectivity index (χ1n) is 9.67. The van der Waals surface area contributed by atoms with Crippen molar-refractivity contribution in [3.05, 3.63) is 29.3 Å². The van der Waals surface area contributed by atoms with Crippen LogP contribution in [0.1, 0.15) is 50.7 Å². The average Bonchev–Trinajstić information content (AvgIpc) is 2.63. The SMILES string of the molecule is CCCN(CCC)C(=O)C1CCN(S(=O)(=O)c2ccc(C)c(C)c2)CC1. The highest BCUT2D eigenvalue weighted by Crippen LogP contribution is 2.26. The molecule has 2 rings (SSSR count). The van der Waals surface area contributed by atoms with E-state index in [-0.39, 0.29) is 11.8 Å². The lowest BCUT2D eigenvalue weighted by Gasteiger charge is -2.33. The third kappa shape index (κ3) is 4.65.